The Balaban J connectivity index is 1.58. The number of ether oxygens (including phenoxy) is 2. The summed E-state index contributed by atoms with van der Waals surface area (Å²) in [5, 5.41) is 2.87. The van der Waals surface area contributed by atoms with Crippen LogP contribution in [0.1, 0.15) is 22.3 Å². The molecule has 2 aromatic rings. The van der Waals surface area contributed by atoms with E-state index in [1.807, 2.05) is 24.3 Å². The van der Waals surface area contributed by atoms with Gasteiger partial charge in [-0.3, -0.25) is 9.59 Å². The molecule has 1 heterocycles. The van der Waals surface area contributed by atoms with Crippen molar-refractivity contribution < 1.29 is 19.1 Å². The number of nitrogens with zero attached hydrogens (tertiary/aromatic N) is 1. The molecule has 0 aromatic heterocycles. The van der Waals surface area contributed by atoms with Gasteiger partial charge in [0, 0.05) is 30.8 Å². The summed E-state index contributed by atoms with van der Waals surface area (Å²) < 4.78 is 10.6. The molecule has 0 atom stereocenters. The van der Waals surface area contributed by atoms with Crippen LogP contribution in [0.4, 0.5) is 5.69 Å². The van der Waals surface area contributed by atoms with Crippen LogP contribution in [0.25, 0.3) is 0 Å². The van der Waals surface area contributed by atoms with E-state index in [0.717, 1.165) is 11.3 Å². The number of rotatable bonds is 6. The molecule has 2 amide bonds. The van der Waals surface area contributed by atoms with Gasteiger partial charge >= 0.3 is 0 Å². The SMILES string of the molecule is COc1ccccc1CCC(=O)Nc1cccc(C(=O)N2CCOCC2)c1. The summed E-state index contributed by atoms with van der Waals surface area (Å²) in [6, 6.07) is 14.7. The smallest absolute Gasteiger partial charge is 0.254 e. The van der Waals surface area contributed by atoms with Gasteiger partial charge in [0.25, 0.3) is 5.91 Å². The number of carbonyl (C=O) groups excluding carboxylic acids is 2. The van der Waals surface area contributed by atoms with Crippen molar-refractivity contribution >= 4 is 17.5 Å². The van der Waals surface area contributed by atoms with Crippen molar-refractivity contribution in [3.8, 4) is 5.75 Å². The maximum absolute atomic E-state index is 12.6. The first kappa shape index (κ1) is 18.9. The minimum Gasteiger partial charge on any atom is -0.496 e. The van der Waals surface area contributed by atoms with E-state index in [1.165, 1.54) is 0 Å². The number of para-hydroxylation sites is 1. The van der Waals surface area contributed by atoms with Crippen LogP contribution < -0.4 is 10.1 Å². The number of aryl methyl sites for hydroxylation is 1. The summed E-state index contributed by atoms with van der Waals surface area (Å²) in [4.78, 5) is 26.6. The van der Waals surface area contributed by atoms with E-state index < -0.39 is 0 Å². The molecule has 1 aliphatic rings. The van der Waals surface area contributed by atoms with Crippen molar-refractivity contribution in [1.29, 1.82) is 0 Å². The third kappa shape index (κ3) is 5.08. The standard InChI is InChI=1S/C21H24N2O4/c1-26-19-8-3-2-5-16(19)9-10-20(24)22-18-7-4-6-17(15-18)21(25)23-11-13-27-14-12-23/h2-8,15H,9-14H2,1H3,(H,22,24). The molecule has 0 bridgehead atoms. The van der Waals surface area contributed by atoms with Crippen molar-refractivity contribution in [2.45, 2.75) is 12.8 Å². The zero-order valence-corrected chi connectivity index (χ0v) is 15.4. The van der Waals surface area contributed by atoms with Crippen molar-refractivity contribution in [2.75, 3.05) is 38.7 Å². The van der Waals surface area contributed by atoms with Crippen LogP contribution in [0.15, 0.2) is 48.5 Å². The minimum absolute atomic E-state index is 0.0385. The Morgan fingerprint density at radius 3 is 2.67 bits per heavy atom. The summed E-state index contributed by atoms with van der Waals surface area (Å²) in [7, 11) is 1.62. The molecule has 1 saturated heterocycles. The molecule has 0 unspecified atom stereocenters. The molecule has 0 radical (unpaired) electrons. The highest BCUT2D eigenvalue weighted by Crippen LogP contribution is 2.19. The molecule has 27 heavy (non-hydrogen) atoms. The van der Waals surface area contributed by atoms with Crippen LogP contribution in [0, 0.1) is 0 Å². The fraction of sp³-hybridized carbons (Fsp3) is 0.333. The van der Waals surface area contributed by atoms with Gasteiger partial charge in [-0.25, -0.2) is 0 Å². The molecule has 0 saturated carbocycles. The Bertz CT molecular complexity index is 800. The van der Waals surface area contributed by atoms with Gasteiger partial charge in [0.2, 0.25) is 5.91 Å². The fourth-order valence-corrected chi connectivity index (χ4v) is 3.06. The van der Waals surface area contributed by atoms with Gasteiger partial charge in [-0.2, -0.15) is 0 Å². The van der Waals surface area contributed by atoms with Gasteiger partial charge in [-0.1, -0.05) is 24.3 Å². The lowest BCUT2D eigenvalue weighted by Crippen LogP contribution is -2.40. The molecule has 6 heteroatoms. The molecule has 0 aliphatic carbocycles. The van der Waals surface area contributed by atoms with E-state index in [0.29, 0.717) is 50.4 Å². The Hall–Kier alpha value is -2.86. The number of nitrogens with one attached hydrogen (secondary N) is 1. The number of hydrogen-bond donors (Lipinski definition) is 1. The number of benzene rings is 2. The quantitative estimate of drug-likeness (QED) is 0.851. The molecular formula is C21H24N2O4. The van der Waals surface area contributed by atoms with Crippen molar-refractivity contribution in [3.05, 3.63) is 59.7 Å². The van der Waals surface area contributed by atoms with E-state index in [-0.39, 0.29) is 11.8 Å². The lowest BCUT2D eigenvalue weighted by Gasteiger charge is -2.27. The molecule has 3 rings (SSSR count). The number of hydrogen-bond acceptors (Lipinski definition) is 4. The lowest BCUT2D eigenvalue weighted by molar-refractivity contribution is -0.116. The second-order valence-corrected chi connectivity index (χ2v) is 6.35. The second-order valence-electron chi connectivity index (χ2n) is 6.35. The Kier molecular flexibility index (Phi) is 6.44. The molecule has 1 aliphatic heterocycles. The molecule has 0 spiro atoms. The van der Waals surface area contributed by atoms with Crippen LogP contribution in [0.2, 0.25) is 0 Å². The van der Waals surface area contributed by atoms with Crippen LogP contribution in [0.3, 0.4) is 0 Å². The fourth-order valence-electron chi connectivity index (χ4n) is 3.06. The van der Waals surface area contributed by atoms with E-state index in [4.69, 9.17) is 9.47 Å². The topological polar surface area (TPSA) is 67.9 Å². The zero-order chi connectivity index (χ0) is 19.1. The Morgan fingerprint density at radius 2 is 1.89 bits per heavy atom. The van der Waals surface area contributed by atoms with Gasteiger partial charge < -0.3 is 19.7 Å². The highest BCUT2D eigenvalue weighted by molar-refractivity contribution is 5.97. The molecule has 6 nitrogen and oxygen atoms in total. The summed E-state index contributed by atoms with van der Waals surface area (Å²) in [5.41, 5.74) is 2.19. The second kappa shape index (κ2) is 9.19. The van der Waals surface area contributed by atoms with Gasteiger partial charge in [-0.15, -0.1) is 0 Å². The first-order valence-electron chi connectivity index (χ1n) is 9.06. The first-order valence-corrected chi connectivity index (χ1v) is 9.06. The van der Waals surface area contributed by atoms with Gasteiger partial charge in [-0.05, 0) is 36.2 Å². The van der Waals surface area contributed by atoms with Crippen LogP contribution in [0.5, 0.6) is 5.75 Å². The minimum atomic E-state index is -0.100. The van der Waals surface area contributed by atoms with Gasteiger partial charge in [0.05, 0.1) is 20.3 Å². The summed E-state index contributed by atoms with van der Waals surface area (Å²) in [6.45, 7) is 2.30. The Labute approximate surface area is 159 Å². The average molecular weight is 368 g/mol. The van der Waals surface area contributed by atoms with Crippen molar-refractivity contribution in [1.82, 2.24) is 4.90 Å². The molecular weight excluding hydrogens is 344 g/mol. The largest absolute Gasteiger partial charge is 0.496 e. The Morgan fingerprint density at radius 1 is 1.11 bits per heavy atom. The number of methoxy groups -OCH3 is 1. The summed E-state index contributed by atoms with van der Waals surface area (Å²) >= 11 is 0. The molecule has 142 valence electrons. The highest BCUT2D eigenvalue weighted by atomic mass is 16.5. The summed E-state index contributed by atoms with van der Waals surface area (Å²) in [5.74, 6) is 0.642. The predicted octanol–water partition coefficient (Wildman–Crippen LogP) is 2.74. The van der Waals surface area contributed by atoms with E-state index in [1.54, 1.807) is 36.3 Å². The molecule has 1 fully saturated rings. The van der Waals surface area contributed by atoms with E-state index in [9.17, 15) is 9.59 Å². The molecule has 2 aromatic carbocycles. The number of morpholine rings is 1. The molecule has 1 N–H and O–H groups in total. The van der Waals surface area contributed by atoms with Crippen molar-refractivity contribution in [2.24, 2.45) is 0 Å². The normalized spacial score (nSPS) is 13.9. The number of carbonyl (C=O) groups is 2. The predicted molar refractivity (Wildman–Crippen MR) is 103 cm³/mol. The third-order valence-electron chi connectivity index (χ3n) is 4.51. The zero-order valence-electron chi connectivity index (χ0n) is 15.4. The van der Waals surface area contributed by atoms with Crippen LogP contribution >= 0.6 is 0 Å². The van der Waals surface area contributed by atoms with E-state index in [2.05, 4.69) is 5.32 Å². The maximum atomic E-state index is 12.6. The lowest BCUT2D eigenvalue weighted by atomic mass is 10.1. The number of anilines is 1. The van der Waals surface area contributed by atoms with Crippen LogP contribution in [-0.2, 0) is 16.0 Å². The van der Waals surface area contributed by atoms with Gasteiger partial charge in [0.1, 0.15) is 5.75 Å². The summed E-state index contributed by atoms with van der Waals surface area (Å²) in [6.07, 6.45) is 0.921. The number of amides is 2. The maximum Gasteiger partial charge on any atom is 0.254 e. The van der Waals surface area contributed by atoms with Crippen molar-refractivity contribution in [3.63, 3.8) is 0 Å². The highest BCUT2D eigenvalue weighted by Gasteiger charge is 2.18. The monoisotopic (exact) mass is 368 g/mol. The van der Waals surface area contributed by atoms with E-state index >= 15 is 0 Å². The van der Waals surface area contributed by atoms with Gasteiger partial charge in [0.15, 0.2) is 0 Å². The average Bonchev–Trinajstić information content (AvgIpc) is 2.72. The van der Waals surface area contributed by atoms with Crippen LogP contribution in [-0.4, -0.2) is 50.1 Å². The third-order valence-corrected chi connectivity index (χ3v) is 4.51. The first-order chi connectivity index (χ1) is 13.2.